The van der Waals surface area contributed by atoms with Gasteiger partial charge in [0.1, 0.15) is 11.6 Å². The van der Waals surface area contributed by atoms with E-state index in [0.717, 1.165) is 6.07 Å². The van der Waals surface area contributed by atoms with E-state index in [9.17, 15) is 8.78 Å². The average molecular weight is 313 g/mol. The van der Waals surface area contributed by atoms with Gasteiger partial charge in [-0.05, 0) is 24.3 Å². The molecular formula is C15H15ClF2N2O. The molecule has 2 aromatic rings. The van der Waals surface area contributed by atoms with Crippen LogP contribution in [0.15, 0.2) is 30.5 Å². The Kier molecular flexibility index (Phi) is 5.09. The number of nitrogens with zero attached hydrogens (tertiary/aromatic N) is 1. The molecule has 0 aliphatic heterocycles. The van der Waals surface area contributed by atoms with Gasteiger partial charge in [-0.2, -0.15) is 0 Å². The van der Waals surface area contributed by atoms with Gasteiger partial charge in [0.05, 0.1) is 5.02 Å². The van der Waals surface area contributed by atoms with E-state index < -0.39 is 11.6 Å². The number of aromatic nitrogens is 1. The van der Waals surface area contributed by atoms with E-state index in [1.54, 1.807) is 6.07 Å². The van der Waals surface area contributed by atoms with Crippen LogP contribution in [0.1, 0.15) is 19.4 Å². The lowest BCUT2D eigenvalue weighted by Gasteiger charge is -2.12. The highest BCUT2D eigenvalue weighted by Gasteiger charge is 2.13. The minimum atomic E-state index is -0.564. The van der Waals surface area contributed by atoms with Gasteiger partial charge >= 0.3 is 0 Å². The molecule has 0 saturated heterocycles. The van der Waals surface area contributed by atoms with Crippen molar-refractivity contribution in [2.75, 3.05) is 0 Å². The Morgan fingerprint density at radius 2 is 2.05 bits per heavy atom. The lowest BCUT2D eigenvalue weighted by Crippen LogP contribution is -2.22. The highest BCUT2D eigenvalue weighted by atomic mass is 35.5. The molecule has 0 radical (unpaired) electrons. The molecule has 1 heterocycles. The van der Waals surface area contributed by atoms with Crippen molar-refractivity contribution in [1.82, 2.24) is 10.3 Å². The largest absolute Gasteiger partial charge is 0.435 e. The minimum absolute atomic E-state index is 0.0573. The molecule has 0 spiro atoms. The van der Waals surface area contributed by atoms with Gasteiger partial charge in [0, 0.05) is 24.3 Å². The molecule has 0 unspecified atom stereocenters. The summed E-state index contributed by atoms with van der Waals surface area (Å²) in [6.07, 6.45) is 1.45. The van der Waals surface area contributed by atoms with Gasteiger partial charge in [-0.15, -0.1) is 0 Å². The van der Waals surface area contributed by atoms with E-state index in [-0.39, 0.29) is 22.7 Å². The number of ether oxygens (including phenoxy) is 1. The highest BCUT2D eigenvalue weighted by Crippen LogP contribution is 2.30. The first-order chi connectivity index (χ1) is 9.97. The Morgan fingerprint density at radius 1 is 1.29 bits per heavy atom. The van der Waals surface area contributed by atoms with Crippen molar-refractivity contribution in [2.24, 2.45) is 0 Å². The normalized spacial score (nSPS) is 11.0. The maximum Gasteiger partial charge on any atom is 0.256 e. The van der Waals surface area contributed by atoms with Crippen LogP contribution in [0.5, 0.6) is 11.6 Å². The maximum atomic E-state index is 14.3. The van der Waals surface area contributed by atoms with E-state index in [4.69, 9.17) is 16.3 Å². The van der Waals surface area contributed by atoms with Crippen molar-refractivity contribution in [1.29, 1.82) is 0 Å². The number of rotatable bonds is 5. The van der Waals surface area contributed by atoms with Gasteiger partial charge in [-0.25, -0.2) is 13.8 Å². The fourth-order valence-electron chi connectivity index (χ4n) is 1.65. The van der Waals surface area contributed by atoms with E-state index in [1.165, 1.54) is 18.3 Å². The van der Waals surface area contributed by atoms with Crippen LogP contribution < -0.4 is 10.1 Å². The van der Waals surface area contributed by atoms with Crippen LogP contribution in [0.4, 0.5) is 8.78 Å². The topological polar surface area (TPSA) is 34.2 Å². The van der Waals surface area contributed by atoms with Gasteiger partial charge in [0.25, 0.3) is 5.88 Å². The molecule has 0 aliphatic carbocycles. The average Bonchev–Trinajstić information content (AvgIpc) is 2.42. The second-order valence-corrected chi connectivity index (χ2v) is 5.21. The monoisotopic (exact) mass is 312 g/mol. The van der Waals surface area contributed by atoms with Gasteiger partial charge < -0.3 is 10.1 Å². The fraction of sp³-hybridized carbons (Fsp3) is 0.267. The molecule has 0 bridgehead atoms. The van der Waals surface area contributed by atoms with E-state index in [0.29, 0.717) is 12.1 Å². The molecule has 1 aromatic heterocycles. The zero-order valence-electron chi connectivity index (χ0n) is 11.7. The summed E-state index contributed by atoms with van der Waals surface area (Å²) in [5.41, 5.74) is 0.437. The molecule has 1 N–H and O–H groups in total. The van der Waals surface area contributed by atoms with Crippen LogP contribution in [-0.2, 0) is 6.54 Å². The van der Waals surface area contributed by atoms with Crippen LogP contribution in [-0.4, -0.2) is 11.0 Å². The third kappa shape index (κ3) is 4.12. The summed E-state index contributed by atoms with van der Waals surface area (Å²) in [6.45, 7) is 4.29. The van der Waals surface area contributed by atoms with Gasteiger partial charge in [0.15, 0.2) is 5.82 Å². The molecule has 6 heteroatoms. The molecule has 0 amide bonds. The fourth-order valence-corrected chi connectivity index (χ4v) is 1.85. The van der Waals surface area contributed by atoms with Crippen LogP contribution >= 0.6 is 11.6 Å². The Morgan fingerprint density at radius 3 is 2.71 bits per heavy atom. The lowest BCUT2D eigenvalue weighted by atomic mass is 10.2. The summed E-state index contributed by atoms with van der Waals surface area (Å²) in [7, 11) is 0. The van der Waals surface area contributed by atoms with Crippen LogP contribution in [0.3, 0.4) is 0 Å². The van der Waals surface area contributed by atoms with Crippen molar-refractivity contribution < 1.29 is 13.5 Å². The van der Waals surface area contributed by atoms with E-state index in [1.807, 2.05) is 13.8 Å². The smallest absolute Gasteiger partial charge is 0.256 e. The van der Waals surface area contributed by atoms with Crippen LogP contribution in [0.2, 0.25) is 5.02 Å². The van der Waals surface area contributed by atoms with Crippen LogP contribution in [0.25, 0.3) is 0 Å². The van der Waals surface area contributed by atoms with Crippen molar-refractivity contribution in [3.05, 3.63) is 52.7 Å². The van der Waals surface area contributed by atoms with E-state index >= 15 is 0 Å². The third-order valence-electron chi connectivity index (χ3n) is 2.74. The summed E-state index contributed by atoms with van der Waals surface area (Å²) in [5.74, 6) is -1.09. The number of benzene rings is 1. The quantitative estimate of drug-likeness (QED) is 0.893. The molecule has 2 rings (SSSR count). The first-order valence-electron chi connectivity index (χ1n) is 6.47. The summed E-state index contributed by atoms with van der Waals surface area (Å²) in [4.78, 5) is 3.85. The number of hydrogen-bond donors (Lipinski definition) is 1. The summed E-state index contributed by atoms with van der Waals surface area (Å²) < 4.78 is 32.6. The molecule has 112 valence electrons. The van der Waals surface area contributed by atoms with Crippen molar-refractivity contribution >= 4 is 11.6 Å². The number of nitrogens with one attached hydrogen (secondary N) is 1. The number of pyridine rings is 1. The first kappa shape index (κ1) is 15.7. The molecule has 0 fully saturated rings. The highest BCUT2D eigenvalue weighted by molar-refractivity contribution is 6.32. The Labute approximate surface area is 126 Å². The maximum absolute atomic E-state index is 14.3. The summed E-state index contributed by atoms with van der Waals surface area (Å²) in [6, 6.07) is 5.41. The minimum Gasteiger partial charge on any atom is -0.435 e. The van der Waals surface area contributed by atoms with Gasteiger partial charge in [-0.1, -0.05) is 25.4 Å². The van der Waals surface area contributed by atoms with E-state index in [2.05, 4.69) is 10.3 Å². The van der Waals surface area contributed by atoms with Crippen molar-refractivity contribution in [3.8, 4) is 11.6 Å². The molecule has 1 aromatic carbocycles. The molecule has 0 atom stereocenters. The Bertz CT molecular complexity index is 635. The predicted molar refractivity (Wildman–Crippen MR) is 77.7 cm³/mol. The molecule has 0 aliphatic rings. The second kappa shape index (κ2) is 6.83. The summed E-state index contributed by atoms with van der Waals surface area (Å²) in [5, 5.41) is 3.17. The van der Waals surface area contributed by atoms with Crippen molar-refractivity contribution in [2.45, 2.75) is 26.4 Å². The Balaban J connectivity index is 2.22. The standard InChI is InChI=1S/C15H15ClF2N2O/c1-9(2)20-8-10-5-6-19-15(14(10)18)21-13-4-3-11(17)7-12(13)16/h3-7,9,20H,8H2,1-2H3. The Hall–Kier alpha value is -1.72. The zero-order valence-corrected chi connectivity index (χ0v) is 12.4. The van der Waals surface area contributed by atoms with Gasteiger partial charge in [-0.3, -0.25) is 0 Å². The molecule has 0 saturated carbocycles. The third-order valence-corrected chi connectivity index (χ3v) is 3.03. The van der Waals surface area contributed by atoms with Crippen LogP contribution in [0, 0.1) is 11.6 Å². The second-order valence-electron chi connectivity index (χ2n) is 4.80. The lowest BCUT2D eigenvalue weighted by molar-refractivity contribution is 0.415. The summed E-state index contributed by atoms with van der Waals surface area (Å²) >= 11 is 5.85. The zero-order chi connectivity index (χ0) is 15.4. The van der Waals surface area contributed by atoms with Crippen molar-refractivity contribution in [3.63, 3.8) is 0 Å². The molecular weight excluding hydrogens is 298 g/mol. The number of hydrogen-bond acceptors (Lipinski definition) is 3. The number of halogens is 3. The molecule has 3 nitrogen and oxygen atoms in total. The predicted octanol–water partition coefficient (Wildman–Crippen LogP) is 4.30. The molecule has 21 heavy (non-hydrogen) atoms. The SMILES string of the molecule is CC(C)NCc1ccnc(Oc2ccc(F)cc2Cl)c1F. The first-order valence-corrected chi connectivity index (χ1v) is 6.85. The van der Waals surface area contributed by atoms with Gasteiger partial charge in [0.2, 0.25) is 0 Å².